The SMILES string of the molecule is Cc1cc(N(c2ccc3c(c2)oc2ccccc23)c2cccc3cccnc23)cc(C)c1-c1cccc2c1sc1c3c4ccccc4ccc3n(-c3ccccc3)c21. The summed E-state index contributed by atoms with van der Waals surface area (Å²) in [6, 6.07) is 61.0. The second-order valence-corrected chi connectivity index (χ2v) is 16.3. The summed E-state index contributed by atoms with van der Waals surface area (Å²) in [6.07, 6.45) is 1.88. The highest BCUT2D eigenvalue weighted by Crippen LogP contribution is 2.49. The summed E-state index contributed by atoms with van der Waals surface area (Å²) >= 11 is 1.92. The first-order chi connectivity index (χ1) is 28.6. The Labute approximate surface area is 338 Å². The maximum absolute atomic E-state index is 6.43. The lowest BCUT2D eigenvalue weighted by Gasteiger charge is -2.28. The molecular formula is C53H35N3OS. The van der Waals surface area contributed by atoms with Gasteiger partial charge >= 0.3 is 0 Å². The summed E-state index contributed by atoms with van der Waals surface area (Å²) in [6.45, 7) is 4.51. The van der Waals surface area contributed by atoms with E-state index in [0.717, 1.165) is 49.9 Å². The molecule has 0 amide bonds. The molecule has 0 unspecified atom stereocenters. The fourth-order valence-corrected chi connectivity index (χ4v) is 10.8. The number of benzene rings is 8. The number of hydrogen-bond acceptors (Lipinski definition) is 4. The summed E-state index contributed by atoms with van der Waals surface area (Å²) in [5.41, 5.74) is 14.4. The molecule has 0 saturated heterocycles. The van der Waals surface area contributed by atoms with Gasteiger partial charge in [0.25, 0.3) is 0 Å². The Morgan fingerprint density at radius 2 is 1.28 bits per heavy atom. The molecule has 58 heavy (non-hydrogen) atoms. The standard InChI is InChI=1S/C53H35N3OS/c1-32-29-38(55(45-22-10-14-35-15-12-28-54-50(35)45)37-25-26-41-40-19-8-9-23-46(40)57-47(41)31-37)30-33(2)48(32)42-20-11-21-43-51-53(58-52(42)43)49-39-18-7-6-13-34(39)24-27-44(49)56(51)36-16-4-3-5-17-36/h3-31H,1-2H3. The van der Waals surface area contributed by atoms with Crippen molar-refractivity contribution in [3.8, 4) is 16.8 Å². The number of aromatic nitrogens is 2. The summed E-state index contributed by atoms with van der Waals surface area (Å²) < 4.78 is 11.5. The van der Waals surface area contributed by atoms with Gasteiger partial charge < -0.3 is 13.9 Å². The Morgan fingerprint density at radius 3 is 2.16 bits per heavy atom. The predicted molar refractivity (Wildman–Crippen MR) is 246 cm³/mol. The Balaban J connectivity index is 1.08. The molecule has 0 aliphatic heterocycles. The van der Waals surface area contributed by atoms with Crippen LogP contribution in [0.2, 0.25) is 0 Å². The van der Waals surface area contributed by atoms with Gasteiger partial charge in [-0.1, -0.05) is 103 Å². The third-order valence-corrected chi connectivity index (χ3v) is 13.1. The van der Waals surface area contributed by atoms with Gasteiger partial charge in [-0.05, 0) is 102 Å². The van der Waals surface area contributed by atoms with Crippen molar-refractivity contribution in [2.75, 3.05) is 4.90 Å². The van der Waals surface area contributed by atoms with Crippen LogP contribution >= 0.6 is 11.3 Å². The molecule has 4 nitrogen and oxygen atoms in total. The molecule has 0 N–H and O–H groups in total. The van der Waals surface area contributed by atoms with E-state index in [1.807, 2.05) is 35.7 Å². The number of thiophene rings is 1. The molecule has 274 valence electrons. The number of aryl methyl sites for hydroxylation is 2. The maximum atomic E-state index is 6.43. The largest absolute Gasteiger partial charge is 0.456 e. The smallest absolute Gasteiger partial charge is 0.137 e. The van der Waals surface area contributed by atoms with Crippen LogP contribution < -0.4 is 4.90 Å². The number of nitrogens with zero attached hydrogens (tertiary/aromatic N) is 3. The van der Waals surface area contributed by atoms with Gasteiger partial charge in [-0.2, -0.15) is 0 Å². The minimum atomic E-state index is 0.860. The topological polar surface area (TPSA) is 34.2 Å². The lowest BCUT2D eigenvalue weighted by molar-refractivity contribution is 0.669. The average Bonchev–Trinajstić information content (AvgIpc) is 3.93. The lowest BCUT2D eigenvalue weighted by Crippen LogP contribution is -2.11. The van der Waals surface area contributed by atoms with E-state index < -0.39 is 0 Å². The van der Waals surface area contributed by atoms with Crippen LogP contribution in [0.5, 0.6) is 0 Å². The quantitative estimate of drug-likeness (QED) is 0.175. The first-order valence-electron chi connectivity index (χ1n) is 19.7. The molecule has 12 rings (SSSR count). The number of pyridine rings is 1. The fourth-order valence-electron chi connectivity index (χ4n) is 9.39. The van der Waals surface area contributed by atoms with Crippen LogP contribution in [0.3, 0.4) is 0 Å². The number of rotatable bonds is 5. The lowest BCUT2D eigenvalue weighted by atomic mass is 9.93. The van der Waals surface area contributed by atoms with Crippen LogP contribution in [-0.4, -0.2) is 9.55 Å². The minimum absolute atomic E-state index is 0.860. The van der Waals surface area contributed by atoms with Gasteiger partial charge in [0.15, 0.2) is 0 Å². The van der Waals surface area contributed by atoms with Crippen LogP contribution in [0.15, 0.2) is 180 Å². The van der Waals surface area contributed by atoms with Crippen LogP contribution in [0.1, 0.15) is 11.1 Å². The van der Waals surface area contributed by atoms with E-state index in [2.05, 4.69) is 175 Å². The zero-order valence-electron chi connectivity index (χ0n) is 31.9. The number of furan rings is 1. The molecule has 4 aromatic heterocycles. The van der Waals surface area contributed by atoms with E-state index in [0.29, 0.717) is 0 Å². The minimum Gasteiger partial charge on any atom is -0.456 e. The van der Waals surface area contributed by atoms with Gasteiger partial charge in [0.1, 0.15) is 11.2 Å². The predicted octanol–water partition coefficient (Wildman–Crippen LogP) is 15.4. The molecule has 0 aliphatic carbocycles. The molecule has 0 atom stereocenters. The molecular weight excluding hydrogens is 727 g/mol. The molecule has 0 radical (unpaired) electrons. The number of anilines is 3. The van der Waals surface area contributed by atoms with E-state index in [-0.39, 0.29) is 0 Å². The Bertz CT molecular complexity index is 3580. The summed E-state index contributed by atoms with van der Waals surface area (Å²) in [5.74, 6) is 0. The van der Waals surface area contributed by atoms with E-state index in [1.54, 1.807) is 0 Å². The van der Waals surface area contributed by atoms with Crippen molar-refractivity contribution in [2.24, 2.45) is 0 Å². The Morgan fingerprint density at radius 1 is 0.552 bits per heavy atom. The molecule has 0 fully saturated rings. The highest BCUT2D eigenvalue weighted by Gasteiger charge is 2.24. The van der Waals surface area contributed by atoms with Gasteiger partial charge in [0, 0.05) is 66.5 Å². The molecule has 5 heteroatoms. The van der Waals surface area contributed by atoms with E-state index >= 15 is 0 Å². The molecule has 8 aromatic carbocycles. The maximum Gasteiger partial charge on any atom is 0.137 e. The van der Waals surface area contributed by atoms with Crippen molar-refractivity contribution < 1.29 is 4.42 Å². The monoisotopic (exact) mass is 761 g/mol. The molecule has 4 heterocycles. The highest BCUT2D eigenvalue weighted by molar-refractivity contribution is 7.27. The van der Waals surface area contributed by atoms with Crippen molar-refractivity contribution in [1.82, 2.24) is 9.55 Å². The fraction of sp³-hybridized carbons (Fsp3) is 0.0377. The second kappa shape index (κ2) is 12.7. The van der Waals surface area contributed by atoms with Gasteiger partial charge in [-0.3, -0.25) is 4.98 Å². The van der Waals surface area contributed by atoms with Crippen molar-refractivity contribution in [3.05, 3.63) is 187 Å². The van der Waals surface area contributed by atoms with E-state index in [9.17, 15) is 0 Å². The van der Waals surface area contributed by atoms with Crippen LogP contribution in [0.25, 0.3) is 91.6 Å². The van der Waals surface area contributed by atoms with Crippen molar-refractivity contribution >= 4 is 103 Å². The van der Waals surface area contributed by atoms with Crippen molar-refractivity contribution in [1.29, 1.82) is 0 Å². The third kappa shape index (κ3) is 4.84. The molecule has 0 spiro atoms. The zero-order chi connectivity index (χ0) is 38.5. The van der Waals surface area contributed by atoms with Gasteiger partial charge in [-0.25, -0.2) is 0 Å². The Kier molecular flexibility index (Phi) is 7.19. The van der Waals surface area contributed by atoms with Gasteiger partial charge in [-0.15, -0.1) is 11.3 Å². The molecule has 12 aromatic rings. The summed E-state index contributed by atoms with van der Waals surface area (Å²) in [7, 11) is 0. The van der Waals surface area contributed by atoms with Crippen LogP contribution in [0, 0.1) is 13.8 Å². The highest BCUT2D eigenvalue weighted by atomic mass is 32.1. The van der Waals surface area contributed by atoms with Crippen LogP contribution in [-0.2, 0) is 0 Å². The number of fused-ring (bicyclic) bond motifs is 11. The molecule has 0 saturated carbocycles. The normalized spacial score (nSPS) is 12.0. The van der Waals surface area contributed by atoms with E-state index in [1.165, 1.54) is 69.9 Å². The van der Waals surface area contributed by atoms with Gasteiger partial charge in [0.2, 0.25) is 0 Å². The van der Waals surface area contributed by atoms with Crippen molar-refractivity contribution in [2.45, 2.75) is 13.8 Å². The zero-order valence-corrected chi connectivity index (χ0v) is 32.7. The second-order valence-electron chi connectivity index (χ2n) is 15.2. The third-order valence-electron chi connectivity index (χ3n) is 11.8. The van der Waals surface area contributed by atoms with Crippen molar-refractivity contribution in [3.63, 3.8) is 0 Å². The average molecular weight is 762 g/mol. The number of hydrogen-bond donors (Lipinski definition) is 0. The number of para-hydroxylation sites is 3. The molecule has 0 aliphatic rings. The van der Waals surface area contributed by atoms with Crippen LogP contribution in [0.4, 0.5) is 17.1 Å². The molecule has 0 bridgehead atoms. The first-order valence-corrected chi connectivity index (χ1v) is 20.5. The first kappa shape index (κ1) is 33.0. The van der Waals surface area contributed by atoms with E-state index in [4.69, 9.17) is 9.40 Å². The summed E-state index contributed by atoms with van der Waals surface area (Å²) in [5, 5.41) is 8.45. The summed E-state index contributed by atoms with van der Waals surface area (Å²) in [4.78, 5) is 7.25. The Hall–Kier alpha value is -7.21. The van der Waals surface area contributed by atoms with Gasteiger partial charge in [0.05, 0.1) is 26.9 Å².